The van der Waals surface area contributed by atoms with Crippen molar-refractivity contribution in [2.45, 2.75) is 57.0 Å². The summed E-state index contributed by atoms with van der Waals surface area (Å²) < 4.78 is 5.56. The molecule has 0 heterocycles. The average molecular weight is 451 g/mol. The number of carbonyl (C=O) groups excluding carboxylic acids is 2. The summed E-state index contributed by atoms with van der Waals surface area (Å²) in [7, 11) is 0. The minimum atomic E-state index is -1.01. The molecule has 2 aromatic carbocycles. The second kappa shape index (κ2) is 10.1. The first-order valence-electron chi connectivity index (χ1n) is 11.6. The van der Waals surface area contributed by atoms with E-state index in [9.17, 15) is 19.5 Å². The van der Waals surface area contributed by atoms with Crippen LogP contribution in [0.5, 0.6) is 0 Å². The van der Waals surface area contributed by atoms with Crippen LogP contribution in [0, 0.1) is 5.92 Å². The fourth-order valence-electron chi connectivity index (χ4n) is 4.71. The predicted octanol–water partition coefficient (Wildman–Crippen LogP) is 4.06. The van der Waals surface area contributed by atoms with Crippen LogP contribution in [-0.2, 0) is 14.3 Å². The van der Waals surface area contributed by atoms with Crippen LogP contribution in [0.4, 0.5) is 4.79 Å². The summed E-state index contributed by atoms with van der Waals surface area (Å²) in [6.07, 6.45) is 2.57. The van der Waals surface area contributed by atoms with Gasteiger partial charge in [-0.05, 0) is 47.4 Å². The number of rotatable bonds is 9. The van der Waals surface area contributed by atoms with Gasteiger partial charge in [0.25, 0.3) is 0 Å². The first-order valence-corrected chi connectivity index (χ1v) is 11.6. The van der Waals surface area contributed by atoms with E-state index >= 15 is 0 Å². The molecule has 2 unspecified atom stereocenters. The maximum Gasteiger partial charge on any atom is 0.407 e. The summed E-state index contributed by atoms with van der Waals surface area (Å²) in [5.74, 6) is -1.43. The van der Waals surface area contributed by atoms with Crippen molar-refractivity contribution < 1.29 is 24.2 Å². The molecule has 0 radical (unpaired) electrons. The van der Waals surface area contributed by atoms with Gasteiger partial charge in [-0.2, -0.15) is 0 Å². The molecule has 2 atom stereocenters. The molecular weight excluding hydrogens is 420 g/mol. The number of aliphatic carboxylic acids is 1. The van der Waals surface area contributed by atoms with E-state index in [2.05, 4.69) is 34.9 Å². The van der Waals surface area contributed by atoms with Crippen LogP contribution in [0.25, 0.3) is 11.1 Å². The standard InChI is InChI=1S/C26H30N2O5/c1-2-17(14-23(29)28-24(25(30)31)16-8-7-9-16)27-26(32)33-15-22-20-12-5-3-10-18(20)19-11-4-6-13-21(19)22/h3-6,10-13,16-17,22,24H,2,7-9,14-15H2,1H3,(H,27,32)(H,28,29)(H,30,31). The van der Waals surface area contributed by atoms with Gasteiger partial charge in [0.1, 0.15) is 12.6 Å². The molecule has 2 aliphatic carbocycles. The summed E-state index contributed by atoms with van der Waals surface area (Å²) in [4.78, 5) is 36.4. The molecule has 33 heavy (non-hydrogen) atoms. The summed E-state index contributed by atoms with van der Waals surface area (Å²) in [5, 5.41) is 14.8. The molecule has 3 N–H and O–H groups in total. The van der Waals surface area contributed by atoms with Gasteiger partial charge in [-0.25, -0.2) is 9.59 Å². The molecule has 4 rings (SSSR count). The van der Waals surface area contributed by atoms with Gasteiger partial charge in [0.15, 0.2) is 0 Å². The molecule has 2 amide bonds. The van der Waals surface area contributed by atoms with Gasteiger partial charge in [-0.3, -0.25) is 4.79 Å². The number of carboxylic acids is 1. The van der Waals surface area contributed by atoms with Gasteiger partial charge < -0.3 is 20.5 Å². The topological polar surface area (TPSA) is 105 Å². The fraction of sp³-hybridized carbons (Fsp3) is 0.423. The minimum absolute atomic E-state index is 0.0111. The van der Waals surface area contributed by atoms with Gasteiger partial charge in [-0.1, -0.05) is 61.9 Å². The lowest BCUT2D eigenvalue weighted by atomic mass is 9.79. The van der Waals surface area contributed by atoms with Crippen LogP contribution in [0.3, 0.4) is 0 Å². The van der Waals surface area contributed by atoms with Crippen LogP contribution >= 0.6 is 0 Å². The third-order valence-corrected chi connectivity index (χ3v) is 6.79. The van der Waals surface area contributed by atoms with Gasteiger partial charge >= 0.3 is 12.1 Å². The normalized spacial score (nSPS) is 16.6. The van der Waals surface area contributed by atoms with Crippen molar-refractivity contribution in [1.29, 1.82) is 0 Å². The second-order valence-corrected chi connectivity index (χ2v) is 8.85. The Hall–Kier alpha value is -3.35. The number of ether oxygens (including phenoxy) is 1. The molecule has 0 aliphatic heterocycles. The molecule has 7 heteroatoms. The fourth-order valence-corrected chi connectivity index (χ4v) is 4.71. The second-order valence-electron chi connectivity index (χ2n) is 8.85. The highest BCUT2D eigenvalue weighted by Crippen LogP contribution is 2.44. The Labute approximate surface area is 193 Å². The van der Waals surface area contributed by atoms with Crippen molar-refractivity contribution in [3.63, 3.8) is 0 Å². The van der Waals surface area contributed by atoms with Gasteiger partial charge in [0.2, 0.25) is 5.91 Å². The predicted molar refractivity (Wildman–Crippen MR) is 124 cm³/mol. The molecule has 0 aromatic heterocycles. The van der Waals surface area contributed by atoms with Crippen LogP contribution in [-0.4, -0.2) is 41.8 Å². The van der Waals surface area contributed by atoms with Crippen LogP contribution in [0.1, 0.15) is 56.1 Å². The van der Waals surface area contributed by atoms with E-state index < -0.39 is 24.1 Å². The summed E-state index contributed by atoms with van der Waals surface area (Å²) in [5.41, 5.74) is 4.58. The van der Waals surface area contributed by atoms with E-state index in [1.54, 1.807) is 0 Å². The van der Waals surface area contributed by atoms with Crippen LogP contribution < -0.4 is 10.6 Å². The lowest BCUT2D eigenvalue weighted by Gasteiger charge is -2.31. The van der Waals surface area contributed by atoms with E-state index in [1.807, 2.05) is 31.2 Å². The first kappa shape index (κ1) is 22.8. The highest BCUT2D eigenvalue weighted by Gasteiger charge is 2.34. The minimum Gasteiger partial charge on any atom is -0.480 e. The zero-order chi connectivity index (χ0) is 23.4. The van der Waals surface area contributed by atoms with E-state index in [4.69, 9.17) is 4.74 Å². The molecule has 1 saturated carbocycles. The largest absolute Gasteiger partial charge is 0.480 e. The highest BCUT2D eigenvalue weighted by atomic mass is 16.5. The molecule has 0 bridgehead atoms. The number of hydrogen-bond acceptors (Lipinski definition) is 4. The Balaban J connectivity index is 1.31. The zero-order valence-corrected chi connectivity index (χ0v) is 18.8. The van der Waals surface area contributed by atoms with Crippen molar-refractivity contribution in [3.05, 3.63) is 59.7 Å². The third kappa shape index (κ3) is 5.02. The quantitative estimate of drug-likeness (QED) is 0.534. The van der Waals surface area contributed by atoms with E-state index in [0.29, 0.717) is 6.42 Å². The first-order chi connectivity index (χ1) is 16.0. The number of amides is 2. The Kier molecular flexibility index (Phi) is 6.96. The SMILES string of the molecule is CCC(CC(=O)NC(C(=O)O)C1CCC1)NC(=O)OCC1c2ccccc2-c2ccccc21. The monoisotopic (exact) mass is 450 g/mol. The highest BCUT2D eigenvalue weighted by molar-refractivity contribution is 5.84. The average Bonchev–Trinajstić information content (AvgIpc) is 3.09. The third-order valence-electron chi connectivity index (χ3n) is 6.79. The van der Waals surface area contributed by atoms with Crippen molar-refractivity contribution in [2.75, 3.05) is 6.61 Å². The van der Waals surface area contributed by atoms with E-state index in [1.165, 1.54) is 0 Å². The summed E-state index contributed by atoms with van der Waals surface area (Å²) >= 11 is 0. The maximum atomic E-state index is 12.5. The zero-order valence-electron chi connectivity index (χ0n) is 18.8. The number of fused-ring (bicyclic) bond motifs is 3. The molecule has 2 aliphatic rings. The molecular formula is C26H30N2O5. The van der Waals surface area contributed by atoms with Crippen LogP contribution in [0.15, 0.2) is 48.5 Å². The molecule has 174 valence electrons. The summed E-state index contributed by atoms with van der Waals surface area (Å²) in [6.45, 7) is 2.06. The smallest absolute Gasteiger partial charge is 0.407 e. The van der Waals surface area contributed by atoms with Crippen molar-refractivity contribution in [1.82, 2.24) is 10.6 Å². The Morgan fingerprint density at radius 1 is 1.00 bits per heavy atom. The lowest BCUT2D eigenvalue weighted by Crippen LogP contribution is -2.49. The molecule has 7 nitrogen and oxygen atoms in total. The maximum absolute atomic E-state index is 12.5. The molecule has 2 aromatic rings. The van der Waals surface area contributed by atoms with Gasteiger partial charge in [-0.15, -0.1) is 0 Å². The molecule has 0 spiro atoms. The number of benzene rings is 2. The van der Waals surface area contributed by atoms with Crippen molar-refractivity contribution >= 4 is 18.0 Å². The number of hydrogen-bond donors (Lipinski definition) is 3. The van der Waals surface area contributed by atoms with Crippen molar-refractivity contribution in [2.24, 2.45) is 5.92 Å². The van der Waals surface area contributed by atoms with Gasteiger partial charge in [0, 0.05) is 18.4 Å². The lowest BCUT2D eigenvalue weighted by molar-refractivity contribution is -0.144. The number of alkyl carbamates (subject to hydrolysis) is 1. The van der Waals surface area contributed by atoms with Crippen molar-refractivity contribution in [3.8, 4) is 11.1 Å². The Morgan fingerprint density at radius 3 is 2.12 bits per heavy atom. The Morgan fingerprint density at radius 2 is 1.61 bits per heavy atom. The molecule has 1 fully saturated rings. The molecule has 0 saturated heterocycles. The summed E-state index contributed by atoms with van der Waals surface area (Å²) in [6, 6.07) is 14.9. The van der Waals surface area contributed by atoms with E-state index in [0.717, 1.165) is 41.5 Å². The van der Waals surface area contributed by atoms with Crippen LogP contribution in [0.2, 0.25) is 0 Å². The van der Waals surface area contributed by atoms with E-state index in [-0.39, 0.29) is 30.8 Å². The Bertz CT molecular complexity index is 987. The number of carboxylic acid groups (broad SMARTS) is 1. The number of carbonyl (C=O) groups is 3. The van der Waals surface area contributed by atoms with Gasteiger partial charge in [0.05, 0.1) is 0 Å². The number of nitrogens with one attached hydrogen (secondary N) is 2.